The molecule has 2 heterocycles. The van der Waals surface area contributed by atoms with Crippen molar-refractivity contribution in [1.82, 2.24) is 20.1 Å². The predicted octanol–water partition coefficient (Wildman–Crippen LogP) is 2.52. The van der Waals surface area contributed by atoms with Gasteiger partial charge in [-0.05, 0) is 38.1 Å². The highest BCUT2D eigenvalue weighted by Gasteiger charge is 2.23. The number of aryl methyl sites for hydroxylation is 2. The molecule has 3 aromatic rings. The third-order valence-corrected chi connectivity index (χ3v) is 5.38. The van der Waals surface area contributed by atoms with Gasteiger partial charge in [0.2, 0.25) is 21.8 Å². The summed E-state index contributed by atoms with van der Waals surface area (Å²) in [6.45, 7) is 3.22. The van der Waals surface area contributed by atoms with Crippen LogP contribution in [-0.2, 0) is 16.4 Å². The van der Waals surface area contributed by atoms with E-state index in [0.717, 1.165) is 5.56 Å². The van der Waals surface area contributed by atoms with Crippen LogP contribution in [0.15, 0.2) is 38.1 Å². The Bertz CT molecular complexity index is 960. The van der Waals surface area contributed by atoms with Crippen LogP contribution in [0.4, 0.5) is 0 Å². The van der Waals surface area contributed by atoms with Gasteiger partial charge in [0, 0.05) is 23.6 Å². The lowest BCUT2D eigenvalue weighted by atomic mass is 10.2. The Balaban J connectivity index is 1.64. The molecular weight excluding hydrogens is 368 g/mol. The fraction of sp³-hybridized carbons (Fsp3) is 0.267. The van der Waals surface area contributed by atoms with E-state index in [4.69, 9.17) is 20.5 Å². The van der Waals surface area contributed by atoms with Crippen LogP contribution in [0.3, 0.4) is 0 Å². The van der Waals surface area contributed by atoms with Crippen molar-refractivity contribution in [3.05, 3.63) is 46.6 Å². The minimum absolute atomic E-state index is 0.0554. The number of sulfonamides is 1. The molecular formula is C15H15ClN4O4S. The maximum atomic E-state index is 12.3. The Labute approximate surface area is 149 Å². The summed E-state index contributed by atoms with van der Waals surface area (Å²) in [4.78, 5) is 0.0554. The van der Waals surface area contributed by atoms with Gasteiger partial charge in [0.25, 0.3) is 0 Å². The summed E-state index contributed by atoms with van der Waals surface area (Å²) in [6.07, 6.45) is 0.253. The molecule has 0 aliphatic heterocycles. The number of benzene rings is 1. The van der Waals surface area contributed by atoms with Crippen molar-refractivity contribution < 1.29 is 17.4 Å². The molecule has 25 heavy (non-hydrogen) atoms. The van der Waals surface area contributed by atoms with E-state index in [0.29, 0.717) is 22.5 Å². The van der Waals surface area contributed by atoms with E-state index < -0.39 is 10.0 Å². The first kappa shape index (κ1) is 17.6. The number of aromatic nitrogens is 3. The van der Waals surface area contributed by atoms with E-state index >= 15 is 0 Å². The van der Waals surface area contributed by atoms with Crippen LogP contribution in [0.5, 0.6) is 0 Å². The molecule has 0 saturated carbocycles. The molecule has 3 rings (SSSR count). The Morgan fingerprint density at radius 3 is 2.52 bits per heavy atom. The Morgan fingerprint density at radius 1 is 1.16 bits per heavy atom. The van der Waals surface area contributed by atoms with Crippen molar-refractivity contribution in [2.24, 2.45) is 0 Å². The molecule has 0 amide bonds. The molecule has 0 aliphatic rings. The third kappa shape index (κ3) is 3.89. The molecule has 0 unspecified atom stereocenters. The maximum absolute atomic E-state index is 12.3. The van der Waals surface area contributed by atoms with Crippen LogP contribution in [0.2, 0.25) is 5.02 Å². The van der Waals surface area contributed by atoms with Crippen molar-refractivity contribution in [1.29, 1.82) is 0 Å². The van der Waals surface area contributed by atoms with Crippen LogP contribution >= 0.6 is 11.6 Å². The topological polar surface area (TPSA) is 111 Å². The van der Waals surface area contributed by atoms with E-state index in [1.807, 2.05) is 0 Å². The van der Waals surface area contributed by atoms with Gasteiger partial charge in [0.15, 0.2) is 5.76 Å². The van der Waals surface area contributed by atoms with Gasteiger partial charge in [-0.1, -0.05) is 16.8 Å². The van der Waals surface area contributed by atoms with Crippen molar-refractivity contribution in [3.8, 4) is 11.5 Å². The van der Waals surface area contributed by atoms with E-state index in [9.17, 15) is 8.42 Å². The molecule has 0 fully saturated rings. The first-order valence-corrected chi connectivity index (χ1v) is 9.24. The molecule has 0 bridgehead atoms. The zero-order chi connectivity index (χ0) is 18.0. The van der Waals surface area contributed by atoms with Crippen LogP contribution in [0.1, 0.15) is 17.3 Å². The summed E-state index contributed by atoms with van der Waals surface area (Å²) in [7, 11) is -3.71. The number of nitrogens with zero attached hydrogens (tertiary/aromatic N) is 3. The van der Waals surface area contributed by atoms with Gasteiger partial charge >= 0.3 is 0 Å². The third-order valence-electron chi connectivity index (χ3n) is 3.43. The first-order chi connectivity index (χ1) is 11.9. The summed E-state index contributed by atoms with van der Waals surface area (Å²) < 4.78 is 37.5. The molecule has 132 valence electrons. The summed E-state index contributed by atoms with van der Waals surface area (Å²) in [6, 6.07) is 6.97. The highest BCUT2D eigenvalue weighted by molar-refractivity contribution is 7.89. The highest BCUT2D eigenvalue weighted by atomic mass is 35.5. The van der Waals surface area contributed by atoms with Gasteiger partial charge in [-0.2, -0.15) is 0 Å². The van der Waals surface area contributed by atoms with Crippen molar-refractivity contribution in [2.45, 2.75) is 25.2 Å². The second-order valence-electron chi connectivity index (χ2n) is 5.31. The number of nitrogens with one attached hydrogen (secondary N) is 1. The van der Waals surface area contributed by atoms with Gasteiger partial charge in [0.05, 0.1) is 0 Å². The smallest absolute Gasteiger partial charge is 0.247 e. The normalized spacial score (nSPS) is 11.8. The van der Waals surface area contributed by atoms with Gasteiger partial charge in [0.1, 0.15) is 10.6 Å². The fourth-order valence-corrected chi connectivity index (χ4v) is 3.77. The van der Waals surface area contributed by atoms with E-state index in [-0.39, 0.29) is 23.6 Å². The Morgan fingerprint density at radius 2 is 1.88 bits per heavy atom. The van der Waals surface area contributed by atoms with Crippen LogP contribution in [0, 0.1) is 13.8 Å². The zero-order valence-corrected chi connectivity index (χ0v) is 15.1. The van der Waals surface area contributed by atoms with Crippen molar-refractivity contribution in [3.63, 3.8) is 0 Å². The summed E-state index contributed by atoms with van der Waals surface area (Å²) in [5.41, 5.74) is 1.05. The lowest BCUT2D eigenvalue weighted by Crippen LogP contribution is -2.26. The van der Waals surface area contributed by atoms with Gasteiger partial charge < -0.3 is 8.94 Å². The van der Waals surface area contributed by atoms with E-state index in [2.05, 4.69) is 20.1 Å². The predicted molar refractivity (Wildman–Crippen MR) is 89.6 cm³/mol. The zero-order valence-electron chi connectivity index (χ0n) is 13.5. The summed E-state index contributed by atoms with van der Waals surface area (Å²) in [5.74, 6) is 0.916. The number of rotatable bonds is 6. The monoisotopic (exact) mass is 382 g/mol. The first-order valence-electron chi connectivity index (χ1n) is 7.37. The molecule has 0 atom stereocenters. The molecule has 1 N–H and O–H groups in total. The van der Waals surface area contributed by atoms with Crippen LogP contribution < -0.4 is 4.72 Å². The molecule has 2 aromatic heterocycles. The van der Waals surface area contributed by atoms with Crippen molar-refractivity contribution >= 4 is 21.6 Å². The lowest BCUT2D eigenvalue weighted by molar-refractivity contribution is 0.390. The molecule has 1 aromatic carbocycles. The quantitative estimate of drug-likeness (QED) is 0.697. The molecule has 0 spiro atoms. The lowest BCUT2D eigenvalue weighted by Gasteiger charge is -2.04. The molecule has 10 heteroatoms. The largest absolute Gasteiger partial charge is 0.421 e. The van der Waals surface area contributed by atoms with E-state index in [1.54, 1.807) is 38.1 Å². The Kier molecular flexibility index (Phi) is 4.89. The molecule has 0 radical (unpaired) electrons. The maximum Gasteiger partial charge on any atom is 0.247 e. The van der Waals surface area contributed by atoms with Gasteiger partial charge in [-0.3, -0.25) is 0 Å². The number of hydrogen-bond acceptors (Lipinski definition) is 7. The van der Waals surface area contributed by atoms with E-state index in [1.165, 1.54) is 0 Å². The highest BCUT2D eigenvalue weighted by Crippen LogP contribution is 2.21. The van der Waals surface area contributed by atoms with Crippen LogP contribution in [-0.4, -0.2) is 30.3 Å². The average molecular weight is 383 g/mol. The molecule has 8 nitrogen and oxygen atoms in total. The molecule has 0 aliphatic carbocycles. The van der Waals surface area contributed by atoms with Crippen LogP contribution in [0.25, 0.3) is 11.5 Å². The SMILES string of the molecule is Cc1noc(C)c1S(=O)(=O)NCCc1nnc(-c2ccc(Cl)cc2)o1. The average Bonchev–Trinajstić information content (AvgIpc) is 3.15. The minimum Gasteiger partial charge on any atom is -0.421 e. The second kappa shape index (κ2) is 6.95. The summed E-state index contributed by atoms with van der Waals surface area (Å²) in [5, 5.41) is 12.1. The minimum atomic E-state index is -3.71. The van der Waals surface area contributed by atoms with Crippen molar-refractivity contribution in [2.75, 3.05) is 6.54 Å². The number of halogens is 1. The number of hydrogen-bond donors (Lipinski definition) is 1. The van der Waals surface area contributed by atoms with Gasteiger partial charge in [-0.25, -0.2) is 13.1 Å². The standard InChI is InChI=1S/C15H15ClN4O4S/c1-9-14(10(2)24-20-9)25(21,22)17-8-7-13-18-19-15(23-13)11-3-5-12(16)6-4-11/h3-6,17H,7-8H2,1-2H3. The second-order valence-corrected chi connectivity index (χ2v) is 7.45. The Hall–Kier alpha value is -2.23. The molecule has 0 saturated heterocycles. The summed E-state index contributed by atoms with van der Waals surface area (Å²) >= 11 is 5.84. The van der Waals surface area contributed by atoms with Gasteiger partial charge in [-0.15, -0.1) is 10.2 Å². The fourth-order valence-electron chi connectivity index (χ4n) is 2.29.